The van der Waals surface area contributed by atoms with Crippen molar-refractivity contribution in [1.29, 1.82) is 0 Å². The summed E-state index contributed by atoms with van der Waals surface area (Å²) in [5.41, 5.74) is 5.30. The molecule has 1 aliphatic heterocycles. The second-order valence-corrected chi connectivity index (χ2v) is 3.86. The SMILES string of the molecule is Nc1ccc([N+](=O)[O-])c(OCC2CCOC2)n1. The van der Waals surface area contributed by atoms with Crippen LogP contribution in [0.15, 0.2) is 12.1 Å². The molecule has 7 heteroatoms. The van der Waals surface area contributed by atoms with Gasteiger partial charge in [-0.2, -0.15) is 4.98 Å². The second kappa shape index (κ2) is 4.96. The smallest absolute Gasteiger partial charge is 0.331 e. The van der Waals surface area contributed by atoms with Crippen LogP contribution in [0.1, 0.15) is 6.42 Å². The minimum Gasteiger partial charge on any atom is -0.472 e. The highest BCUT2D eigenvalue weighted by molar-refractivity contribution is 5.46. The van der Waals surface area contributed by atoms with Gasteiger partial charge < -0.3 is 15.2 Å². The first-order chi connectivity index (χ1) is 8.16. The van der Waals surface area contributed by atoms with Crippen LogP contribution in [-0.2, 0) is 4.74 Å². The number of pyridine rings is 1. The highest BCUT2D eigenvalue weighted by Gasteiger charge is 2.21. The molecule has 0 amide bonds. The molecule has 0 aromatic carbocycles. The van der Waals surface area contributed by atoms with Crippen LogP contribution in [0, 0.1) is 16.0 Å². The van der Waals surface area contributed by atoms with E-state index < -0.39 is 4.92 Å². The maximum absolute atomic E-state index is 10.7. The van der Waals surface area contributed by atoms with Crippen LogP contribution >= 0.6 is 0 Å². The molecule has 0 radical (unpaired) electrons. The average molecular weight is 239 g/mol. The lowest BCUT2D eigenvalue weighted by atomic mass is 10.1. The molecule has 17 heavy (non-hydrogen) atoms. The monoisotopic (exact) mass is 239 g/mol. The fourth-order valence-corrected chi connectivity index (χ4v) is 1.60. The average Bonchev–Trinajstić information content (AvgIpc) is 2.78. The Balaban J connectivity index is 2.07. The number of ether oxygens (including phenoxy) is 2. The van der Waals surface area contributed by atoms with Crippen LogP contribution in [-0.4, -0.2) is 29.7 Å². The number of aromatic nitrogens is 1. The summed E-state index contributed by atoms with van der Waals surface area (Å²) >= 11 is 0. The Morgan fingerprint density at radius 3 is 3.12 bits per heavy atom. The fraction of sp³-hybridized carbons (Fsp3) is 0.500. The fourth-order valence-electron chi connectivity index (χ4n) is 1.60. The largest absolute Gasteiger partial charge is 0.472 e. The molecule has 1 aromatic heterocycles. The van der Waals surface area contributed by atoms with Gasteiger partial charge in [-0.05, 0) is 12.5 Å². The minimum atomic E-state index is -0.535. The lowest BCUT2D eigenvalue weighted by Gasteiger charge is -2.09. The van der Waals surface area contributed by atoms with Gasteiger partial charge in [0.05, 0.1) is 18.1 Å². The van der Waals surface area contributed by atoms with Crippen molar-refractivity contribution in [3.63, 3.8) is 0 Å². The number of nitrogen functional groups attached to an aromatic ring is 1. The Morgan fingerprint density at radius 2 is 2.47 bits per heavy atom. The minimum absolute atomic E-state index is 0.0260. The molecule has 1 atom stereocenters. The summed E-state index contributed by atoms with van der Waals surface area (Å²) in [6.45, 7) is 1.69. The first kappa shape index (κ1) is 11.6. The van der Waals surface area contributed by atoms with E-state index in [4.69, 9.17) is 15.2 Å². The first-order valence-electron chi connectivity index (χ1n) is 5.28. The van der Waals surface area contributed by atoms with Crippen molar-refractivity contribution in [3.05, 3.63) is 22.2 Å². The third-order valence-electron chi connectivity index (χ3n) is 2.54. The van der Waals surface area contributed by atoms with Gasteiger partial charge in [0.2, 0.25) is 0 Å². The Kier molecular flexibility index (Phi) is 3.38. The van der Waals surface area contributed by atoms with Crippen molar-refractivity contribution in [3.8, 4) is 5.88 Å². The predicted octanol–water partition coefficient (Wildman–Crippen LogP) is 0.987. The molecule has 1 aliphatic rings. The Hall–Kier alpha value is -1.89. The van der Waals surface area contributed by atoms with Gasteiger partial charge in [-0.3, -0.25) is 10.1 Å². The number of hydrogen-bond donors (Lipinski definition) is 1. The lowest BCUT2D eigenvalue weighted by Crippen LogP contribution is -2.13. The summed E-state index contributed by atoms with van der Waals surface area (Å²) in [6.07, 6.45) is 0.899. The van der Waals surface area contributed by atoms with Crippen molar-refractivity contribution >= 4 is 11.5 Å². The molecule has 2 heterocycles. The molecule has 1 unspecified atom stereocenters. The molecule has 0 saturated carbocycles. The second-order valence-electron chi connectivity index (χ2n) is 3.86. The summed E-state index contributed by atoms with van der Waals surface area (Å²) in [6, 6.07) is 2.67. The molecule has 0 aliphatic carbocycles. The Bertz CT molecular complexity index is 418. The van der Waals surface area contributed by atoms with Gasteiger partial charge in [-0.15, -0.1) is 0 Å². The summed E-state index contributed by atoms with van der Waals surface area (Å²) in [5, 5.41) is 10.7. The van der Waals surface area contributed by atoms with Gasteiger partial charge in [0.25, 0.3) is 5.88 Å². The zero-order chi connectivity index (χ0) is 12.3. The zero-order valence-electron chi connectivity index (χ0n) is 9.17. The van der Waals surface area contributed by atoms with Crippen molar-refractivity contribution in [1.82, 2.24) is 4.98 Å². The van der Waals surface area contributed by atoms with Crippen molar-refractivity contribution in [2.24, 2.45) is 5.92 Å². The van der Waals surface area contributed by atoms with Gasteiger partial charge in [0, 0.05) is 18.6 Å². The summed E-state index contributed by atoms with van der Waals surface area (Å²) < 4.78 is 10.5. The van der Waals surface area contributed by atoms with Crippen LogP contribution in [0.2, 0.25) is 0 Å². The maximum Gasteiger partial charge on any atom is 0.331 e. The number of hydrogen-bond acceptors (Lipinski definition) is 6. The van der Waals surface area contributed by atoms with Gasteiger partial charge in [0.1, 0.15) is 5.82 Å². The normalized spacial score (nSPS) is 19.2. The van der Waals surface area contributed by atoms with Gasteiger partial charge in [-0.25, -0.2) is 0 Å². The quantitative estimate of drug-likeness (QED) is 0.621. The van der Waals surface area contributed by atoms with E-state index in [1.807, 2.05) is 0 Å². The lowest BCUT2D eigenvalue weighted by molar-refractivity contribution is -0.386. The number of nitro groups is 1. The van der Waals surface area contributed by atoms with Gasteiger partial charge in [-0.1, -0.05) is 0 Å². The van der Waals surface area contributed by atoms with E-state index >= 15 is 0 Å². The van der Waals surface area contributed by atoms with E-state index in [0.717, 1.165) is 6.42 Å². The Labute approximate surface area is 97.7 Å². The molecule has 1 saturated heterocycles. The van der Waals surface area contributed by atoms with E-state index in [1.54, 1.807) is 0 Å². The van der Waals surface area contributed by atoms with E-state index in [1.165, 1.54) is 12.1 Å². The summed E-state index contributed by atoms with van der Waals surface area (Å²) in [7, 11) is 0. The highest BCUT2D eigenvalue weighted by Crippen LogP contribution is 2.26. The number of anilines is 1. The molecule has 1 fully saturated rings. The third kappa shape index (κ3) is 2.82. The predicted molar refractivity (Wildman–Crippen MR) is 59.7 cm³/mol. The van der Waals surface area contributed by atoms with Crippen LogP contribution < -0.4 is 10.5 Å². The van der Waals surface area contributed by atoms with Crippen molar-refractivity contribution < 1.29 is 14.4 Å². The molecule has 92 valence electrons. The number of rotatable bonds is 4. The molecular formula is C10H13N3O4. The van der Waals surface area contributed by atoms with E-state index in [-0.39, 0.29) is 23.3 Å². The van der Waals surface area contributed by atoms with Gasteiger partial charge in [0.15, 0.2) is 0 Å². The summed E-state index contributed by atoms with van der Waals surface area (Å²) in [4.78, 5) is 14.0. The number of nitrogens with two attached hydrogens (primary N) is 1. The standard InChI is InChI=1S/C10H13N3O4/c11-9-2-1-8(13(14)15)10(12-9)17-6-7-3-4-16-5-7/h1-2,7H,3-6H2,(H2,11,12). The Morgan fingerprint density at radius 1 is 1.65 bits per heavy atom. The van der Waals surface area contributed by atoms with Crippen molar-refractivity contribution in [2.75, 3.05) is 25.6 Å². The maximum atomic E-state index is 10.7. The van der Waals surface area contributed by atoms with Crippen LogP contribution in [0.5, 0.6) is 5.88 Å². The molecule has 1 aromatic rings. The molecule has 7 nitrogen and oxygen atoms in total. The first-order valence-corrected chi connectivity index (χ1v) is 5.28. The van der Waals surface area contributed by atoms with E-state index in [0.29, 0.717) is 19.8 Å². The van der Waals surface area contributed by atoms with Crippen LogP contribution in [0.3, 0.4) is 0 Å². The van der Waals surface area contributed by atoms with E-state index in [2.05, 4.69) is 4.98 Å². The van der Waals surface area contributed by atoms with Crippen LogP contribution in [0.25, 0.3) is 0 Å². The highest BCUT2D eigenvalue weighted by atomic mass is 16.6. The number of nitrogens with zero attached hydrogens (tertiary/aromatic N) is 2. The molecule has 2 rings (SSSR count). The molecule has 0 bridgehead atoms. The third-order valence-corrected chi connectivity index (χ3v) is 2.54. The molecule has 2 N–H and O–H groups in total. The van der Waals surface area contributed by atoms with Crippen molar-refractivity contribution in [2.45, 2.75) is 6.42 Å². The van der Waals surface area contributed by atoms with Crippen LogP contribution in [0.4, 0.5) is 11.5 Å². The molecular weight excluding hydrogens is 226 g/mol. The molecule has 0 spiro atoms. The van der Waals surface area contributed by atoms with Gasteiger partial charge >= 0.3 is 5.69 Å². The van der Waals surface area contributed by atoms with E-state index in [9.17, 15) is 10.1 Å². The zero-order valence-corrected chi connectivity index (χ0v) is 9.17. The topological polar surface area (TPSA) is 101 Å². The summed E-state index contributed by atoms with van der Waals surface area (Å²) in [5.74, 6) is 0.438.